The van der Waals surface area contributed by atoms with E-state index in [0.29, 0.717) is 0 Å². The first-order chi connectivity index (χ1) is 16.6. The van der Waals surface area contributed by atoms with Crippen LogP contribution >= 0.6 is 27.0 Å². The Kier molecular flexibility index (Phi) is 29.4. The van der Waals surface area contributed by atoms with Crippen LogP contribution in [0.15, 0.2) is 0 Å². The minimum atomic E-state index is -1.31. The van der Waals surface area contributed by atoms with E-state index >= 15 is 0 Å². The molecule has 0 fully saturated rings. The molecule has 0 heterocycles. The molecule has 0 bridgehead atoms. The smallest absolute Gasteiger partial charge is 0.150 e. The molecule has 0 aromatic carbocycles. The van der Waals surface area contributed by atoms with Crippen molar-refractivity contribution in [2.24, 2.45) is 0 Å². The fourth-order valence-electron chi connectivity index (χ4n) is 5.06. The maximum atomic E-state index is 6.38. The summed E-state index contributed by atoms with van der Waals surface area (Å²) < 4.78 is 0. The molecule has 0 rings (SSSR count). The van der Waals surface area contributed by atoms with Crippen LogP contribution in [-0.4, -0.2) is 12.7 Å². The average molecular weight is 580 g/mol. The fraction of sp³-hybridized carbons (Fsp3) is 1.00. The van der Waals surface area contributed by atoms with E-state index in [1.54, 1.807) is 0 Å². The van der Waals surface area contributed by atoms with Gasteiger partial charge in [-0.3, -0.25) is 0 Å². The van der Waals surface area contributed by atoms with Gasteiger partial charge in [0, 0.05) is 5.33 Å². The van der Waals surface area contributed by atoms with Crippen molar-refractivity contribution >= 4 is 34.4 Å². The molecule has 0 nitrogen and oxygen atoms in total. The van der Waals surface area contributed by atoms with E-state index in [9.17, 15) is 0 Å². The zero-order chi connectivity index (χ0) is 25.0. The van der Waals surface area contributed by atoms with Crippen LogP contribution in [0.5, 0.6) is 0 Å². The van der Waals surface area contributed by atoms with Crippen molar-refractivity contribution in [3.63, 3.8) is 0 Å². The summed E-state index contributed by atoms with van der Waals surface area (Å²) in [4.78, 5) is 0. The molecule has 206 valence electrons. The third-order valence-corrected chi connectivity index (χ3v) is 10.1. The van der Waals surface area contributed by atoms with Crippen molar-refractivity contribution in [3.8, 4) is 0 Å². The summed E-state index contributed by atoms with van der Waals surface area (Å²) in [5, 5.41) is 1.18. The Balaban J connectivity index is 3.03. The molecular formula is C31H64BrClSi. The van der Waals surface area contributed by atoms with E-state index in [0.717, 1.165) is 0 Å². The lowest BCUT2D eigenvalue weighted by atomic mass is 10.0. The van der Waals surface area contributed by atoms with Crippen molar-refractivity contribution < 1.29 is 0 Å². The standard InChI is InChI=1S/C31H64BrClSi/c1-34(2,33)31-29-27-25-23-21-19-17-15-13-11-9-7-5-3-4-6-8-10-12-14-16-18-20-22-24-26-28-30-32/h3-31H2,1-2H3. The lowest BCUT2D eigenvalue weighted by Crippen LogP contribution is -2.14. The Morgan fingerprint density at radius 1 is 0.353 bits per heavy atom. The Labute approximate surface area is 231 Å². The van der Waals surface area contributed by atoms with Gasteiger partial charge in [-0.05, 0) is 12.5 Å². The number of rotatable bonds is 29. The van der Waals surface area contributed by atoms with Crippen molar-refractivity contribution in [1.82, 2.24) is 0 Å². The summed E-state index contributed by atoms with van der Waals surface area (Å²) in [5.41, 5.74) is 0. The molecule has 0 aliphatic carbocycles. The molecule has 34 heavy (non-hydrogen) atoms. The zero-order valence-electron chi connectivity index (χ0n) is 23.8. The van der Waals surface area contributed by atoms with E-state index in [1.165, 1.54) is 185 Å². The third-order valence-electron chi connectivity index (χ3n) is 7.40. The first-order valence-corrected chi connectivity index (χ1v) is 21.2. The van der Waals surface area contributed by atoms with Crippen molar-refractivity contribution in [1.29, 1.82) is 0 Å². The number of unbranched alkanes of at least 4 members (excludes halogenated alkanes) is 26. The SMILES string of the molecule is C[Si](C)(Cl)CCCCCCCCCCCCCCCCCCCCCCCCCCCCCBr. The highest BCUT2D eigenvalue weighted by atomic mass is 79.9. The van der Waals surface area contributed by atoms with Gasteiger partial charge in [-0.2, -0.15) is 11.1 Å². The van der Waals surface area contributed by atoms with E-state index in [2.05, 4.69) is 29.0 Å². The van der Waals surface area contributed by atoms with Crippen LogP contribution in [0.25, 0.3) is 0 Å². The van der Waals surface area contributed by atoms with E-state index in [4.69, 9.17) is 11.1 Å². The molecule has 0 aromatic heterocycles. The summed E-state index contributed by atoms with van der Waals surface area (Å²) >= 11 is 9.90. The fourth-order valence-corrected chi connectivity index (χ4v) is 6.95. The third kappa shape index (κ3) is 33.0. The van der Waals surface area contributed by atoms with Crippen LogP contribution < -0.4 is 0 Å². The largest absolute Gasteiger partial charge is 0.168 e. The number of alkyl halides is 1. The number of halogens is 2. The summed E-state index contributed by atoms with van der Waals surface area (Å²) in [6.07, 6.45) is 39.4. The second kappa shape index (κ2) is 28.6. The van der Waals surface area contributed by atoms with Crippen molar-refractivity contribution in [2.75, 3.05) is 5.33 Å². The Bertz CT molecular complexity index is 369. The number of hydrogen-bond donors (Lipinski definition) is 0. The van der Waals surface area contributed by atoms with Crippen LogP contribution in [0.3, 0.4) is 0 Å². The second-order valence-corrected chi connectivity index (χ2v) is 19.5. The van der Waals surface area contributed by atoms with Crippen LogP contribution in [0.1, 0.15) is 173 Å². The molecular weight excluding hydrogens is 516 g/mol. The van der Waals surface area contributed by atoms with Crippen molar-refractivity contribution in [3.05, 3.63) is 0 Å². The lowest BCUT2D eigenvalue weighted by Gasteiger charge is -2.11. The van der Waals surface area contributed by atoms with E-state index < -0.39 is 7.38 Å². The zero-order valence-corrected chi connectivity index (χ0v) is 27.1. The predicted octanol–water partition coefficient (Wildman–Crippen LogP) is 13.4. The molecule has 0 atom stereocenters. The van der Waals surface area contributed by atoms with Gasteiger partial charge in [-0.15, -0.1) is 0 Å². The average Bonchev–Trinajstić information content (AvgIpc) is 2.80. The highest BCUT2D eigenvalue weighted by Crippen LogP contribution is 2.20. The van der Waals surface area contributed by atoms with Gasteiger partial charge >= 0.3 is 0 Å². The van der Waals surface area contributed by atoms with Crippen LogP contribution in [0.4, 0.5) is 0 Å². The second-order valence-electron chi connectivity index (χ2n) is 11.7. The van der Waals surface area contributed by atoms with Gasteiger partial charge in [0.1, 0.15) is 7.38 Å². The quantitative estimate of drug-likeness (QED) is 0.0357. The molecule has 0 aliphatic heterocycles. The van der Waals surface area contributed by atoms with Gasteiger partial charge in [0.15, 0.2) is 0 Å². The molecule has 0 unspecified atom stereocenters. The van der Waals surface area contributed by atoms with Gasteiger partial charge in [0.25, 0.3) is 0 Å². The molecule has 0 spiro atoms. The first-order valence-electron chi connectivity index (χ1n) is 15.8. The summed E-state index contributed by atoms with van der Waals surface area (Å²) in [6, 6.07) is 1.30. The molecule has 0 amide bonds. The summed E-state index contributed by atoms with van der Waals surface area (Å²) in [5.74, 6) is 0. The number of hydrogen-bond acceptors (Lipinski definition) is 0. The Hall–Kier alpha value is 0.987. The minimum absolute atomic E-state index is 1.18. The van der Waals surface area contributed by atoms with Crippen LogP contribution in [0, 0.1) is 0 Å². The van der Waals surface area contributed by atoms with Gasteiger partial charge < -0.3 is 0 Å². The molecule has 0 aromatic rings. The monoisotopic (exact) mass is 578 g/mol. The molecule has 0 radical (unpaired) electrons. The highest BCUT2D eigenvalue weighted by molar-refractivity contribution is 9.09. The van der Waals surface area contributed by atoms with Gasteiger partial charge in [-0.25, -0.2) is 0 Å². The van der Waals surface area contributed by atoms with Crippen LogP contribution in [-0.2, 0) is 0 Å². The van der Waals surface area contributed by atoms with Gasteiger partial charge in [0.05, 0.1) is 0 Å². The maximum Gasteiger partial charge on any atom is 0.150 e. The van der Waals surface area contributed by atoms with Crippen molar-refractivity contribution in [2.45, 2.75) is 193 Å². The Morgan fingerprint density at radius 2 is 0.529 bits per heavy atom. The molecule has 0 saturated heterocycles. The minimum Gasteiger partial charge on any atom is -0.168 e. The highest BCUT2D eigenvalue weighted by Gasteiger charge is 2.15. The topological polar surface area (TPSA) is 0 Å². The van der Waals surface area contributed by atoms with Crippen LogP contribution in [0.2, 0.25) is 19.1 Å². The van der Waals surface area contributed by atoms with E-state index in [-0.39, 0.29) is 0 Å². The van der Waals surface area contributed by atoms with E-state index in [1.807, 2.05) is 0 Å². The summed E-state index contributed by atoms with van der Waals surface area (Å²) in [6.45, 7) is 4.55. The lowest BCUT2D eigenvalue weighted by molar-refractivity contribution is 0.515. The van der Waals surface area contributed by atoms with Gasteiger partial charge in [0.2, 0.25) is 0 Å². The predicted molar refractivity (Wildman–Crippen MR) is 167 cm³/mol. The molecule has 3 heteroatoms. The Morgan fingerprint density at radius 3 is 0.706 bits per heavy atom. The molecule has 0 saturated carbocycles. The first kappa shape index (κ1) is 35.0. The molecule has 0 aliphatic rings. The normalized spacial score (nSPS) is 12.0. The maximum absolute atomic E-state index is 6.38. The molecule has 0 N–H and O–H groups in total. The summed E-state index contributed by atoms with van der Waals surface area (Å²) in [7, 11) is -1.31. The van der Waals surface area contributed by atoms with Gasteiger partial charge in [-0.1, -0.05) is 196 Å².